The average Bonchev–Trinajstić information content (AvgIpc) is 3.42. The Kier molecular flexibility index (Phi) is 4.66. The van der Waals surface area contributed by atoms with Crippen molar-refractivity contribution in [3.63, 3.8) is 0 Å². The van der Waals surface area contributed by atoms with E-state index in [1.165, 1.54) is 4.68 Å². The van der Waals surface area contributed by atoms with E-state index in [4.69, 9.17) is 0 Å². The third kappa shape index (κ3) is 4.08. The van der Waals surface area contributed by atoms with Gasteiger partial charge in [-0.3, -0.25) is 9.48 Å². The molecule has 0 saturated heterocycles. The summed E-state index contributed by atoms with van der Waals surface area (Å²) in [6.45, 7) is -0.248. The van der Waals surface area contributed by atoms with Crippen LogP contribution in [-0.4, -0.2) is 15.7 Å². The lowest BCUT2D eigenvalue weighted by Crippen LogP contribution is -2.21. The fourth-order valence-corrected chi connectivity index (χ4v) is 3.12. The van der Waals surface area contributed by atoms with Crippen molar-refractivity contribution < 1.29 is 18.0 Å². The molecule has 4 nitrogen and oxygen atoms in total. The zero-order valence-corrected chi connectivity index (χ0v) is 14.9. The molecule has 0 spiro atoms. The Bertz CT molecular complexity index is 974. The highest BCUT2D eigenvalue weighted by Gasteiger charge is 2.38. The van der Waals surface area contributed by atoms with Gasteiger partial charge < -0.3 is 5.32 Å². The van der Waals surface area contributed by atoms with E-state index in [0.29, 0.717) is 11.4 Å². The zero-order valence-electron chi connectivity index (χ0n) is 14.9. The quantitative estimate of drug-likeness (QED) is 0.665. The number of halogens is 3. The zero-order chi connectivity index (χ0) is 19.7. The van der Waals surface area contributed by atoms with Crippen molar-refractivity contribution in [1.29, 1.82) is 0 Å². The third-order valence-corrected chi connectivity index (χ3v) is 4.67. The Balaban J connectivity index is 1.45. The highest BCUT2D eigenvalue weighted by Crippen LogP contribution is 2.42. The molecule has 144 valence electrons. The van der Waals surface area contributed by atoms with Gasteiger partial charge in [-0.05, 0) is 42.2 Å². The van der Waals surface area contributed by atoms with Crippen LogP contribution in [0.2, 0.25) is 0 Å². The Hall–Kier alpha value is -3.09. The molecule has 1 aliphatic rings. The summed E-state index contributed by atoms with van der Waals surface area (Å²) in [4.78, 5) is 12.3. The van der Waals surface area contributed by atoms with Crippen LogP contribution in [0, 0.1) is 0 Å². The fraction of sp³-hybridized carbons (Fsp3) is 0.238. The lowest BCUT2D eigenvalue weighted by molar-refractivity contribution is -0.141. The normalized spacial score (nSPS) is 14.1. The summed E-state index contributed by atoms with van der Waals surface area (Å²) in [6.07, 6.45) is -2.87. The molecule has 1 saturated carbocycles. The summed E-state index contributed by atoms with van der Waals surface area (Å²) in [5.41, 5.74) is 2.18. The number of carbonyl (C=O) groups excluding carboxylic acids is 1. The first-order valence-electron chi connectivity index (χ1n) is 9.00. The minimum Gasteiger partial charge on any atom is -0.324 e. The van der Waals surface area contributed by atoms with Crippen LogP contribution in [0.15, 0.2) is 60.7 Å². The smallest absolute Gasteiger partial charge is 0.324 e. The molecule has 0 radical (unpaired) electrons. The molecule has 1 fully saturated rings. The van der Waals surface area contributed by atoms with Crippen molar-refractivity contribution in [3.05, 3.63) is 72.1 Å². The molecule has 0 aliphatic heterocycles. The Morgan fingerprint density at radius 1 is 1.04 bits per heavy atom. The first-order chi connectivity index (χ1) is 13.4. The number of nitrogens with zero attached hydrogens (tertiary/aromatic N) is 2. The molecule has 4 rings (SSSR count). The molecule has 1 N–H and O–H groups in total. The Morgan fingerprint density at radius 2 is 1.68 bits per heavy atom. The molecule has 0 atom stereocenters. The van der Waals surface area contributed by atoms with Gasteiger partial charge in [0.2, 0.25) is 5.91 Å². The topological polar surface area (TPSA) is 46.9 Å². The lowest BCUT2D eigenvalue weighted by atomic mass is 10.1. The Labute approximate surface area is 160 Å². The number of benzene rings is 2. The molecule has 7 heteroatoms. The van der Waals surface area contributed by atoms with Crippen LogP contribution >= 0.6 is 0 Å². The second-order valence-electron chi connectivity index (χ2n) is 6.88. The molecule has 1 heterocycles. The van der Waals surface area contributed by atoms with Gasteiger partial charge in [0, 0.05) is 17.3 Å². The van der Waals surface area contributed by atoms with Crippen molar-refractivity contribution in [2.24, 2.45) is 0 Å². The van der Waals surface area contributed by atoms with E-state index < -0.39 is 17.8 Å². The fourth-order valence-electron chi connectivity index (χ4n) is 3.12. The largest absolute Gasteiger partial charge is 0.435 e. The minimum absolute atomic E-state index is 0.0570. The van der Waals surface area contributed by atoms with Crippen LogP contribution in [0.5, 0.6) is 0 Å². The minimum atomic E-state index is -4.52. The summed E-state index contributed by atoms with van der Waals surface area (Å²) in [7, 11) is 0. The first-order valence-corrected chi connectivity index (χ1v) is 9.00. The van der Waals surface area contributed by atoms with Crippen molar-refractivity contribution in [2.75, 3.05) is 5.32 Å². The van der Waals surface area contributed by atoms with Gasteiger partial charge in [0.1, 0.15) is 6.54 Å². The van der Waals surface area contributed by atoms with Gasteiger partial charge in [-0.2, -0.15) is 18.3 Å². The van der Waals surface area contributed by atoms with Crippen LogP contribution in [0.3, 0.4) is 0 Å². The molecule has 1 aromatic heterocycles. The summed E-state index contributed by atoms with van der Waals surface area (Å²) in [5.74, 6) is -0.354. The van der Waals surface area contributed by atoms with E-state index in [9.17, 15) is 18.0 Å². The van der Waals surface area contributed by atoms with E-state index in [1.54, 1.807) is 12.1 Å². The summed E-state index contributed by atoms with van der Waals surface area (Å²) >= 11 is 0. The SMILES string of the molecule is O=C(Cn1nc(C(F)(F)F)cc1C1CC1)Nc1ccc(-c2ccccc2)cc1. The van der Waals surface area contributed by atoms with Gasteiger partial charge in [-0.25, -0.2) is 0 Å². The van der Waals surface area contributed by atoms with Gasteiger partial charge in [0.15, 0.2) is 5.69 Å². The standard InChI is InChI=1S/C21H18F3N3O/c22-21(23,24)19-12-18(16-6-7-16)27(26-19)13-20(28)25-17-10-8-15(9-11-17)14-4-2-1-3-5-14/h1-5,8-12,16H,6-7,13H2,(H,25,28). The number of carbonyl (C=O) groups is 1. The third-order valence-electron chi connectivity index (χ3n) is 4.67. The highest BCUT2D eigenvalue weighted by atomic mass is 19.4. The van der Waals surface area contributed by atoms with Gasteiger partial charge in [0.25, 0.3) is 0 Å². The molecule has 2 aromatic carbocycles. The van der Waals surface area contributed by atoms with Crippen molar-refractivity contribution in [2.45, 2.75) is 31.5 Å². The van der Waals surface area contributed by atoms with Crippen molar-refractivity contribution in [3.8, 4) is 11.1 Å². The number of amides is 1. The second-order valence-corrected chi connectivity index (χ2v) is 6.88. The van der Waals surface area contributed by atoms with Gasteiger partial charge in [-0.1, -0.05) is 42.5 Å². The van der Waals surface area contributed by atoms with Gasteiger partial charge in [-0.15, -0.1) is 0 Å². The maximum absolute atomic E-state index is 13.0. The number of aromatic nitrogens is 2. The van der Waals surface area contributed by atoms with Crippen LogP contribution < -0.4 is 5.32 Å². The highest BCUT2D eigenvalue weighted by molar-refractivity contribution is 5.90. The van der Waals surface area contributed by atoms with E-state index in [-0.39, 0.29) is 12.5 Å². The van der Waals surface area contributed by atoms with Crippen molar-refractivity contribution in [1.82, 2.24) is 9.78 Å². The second kappa shape index (κ2) is 7.14. The van der Waals surface area contributed by atoms with Gasteiger partial charge >= 0.3 is 6.18 Å². The van der Waals surface area contributed by atoms with E-state index >= 15 is 0 Å². The number of anilines is 1. The number of hydrogen-bond acceptors (Lipinski definition) is 2. The van der Waals surface area contributed by atoms with Crippen molar-refractivity contribution >= 4 is 11.6 Å². The molecule has 1 amide bonds. The van der Waals surface area contributed by atoms with E-state index in [2.05, 4.69) is 10.4 Å². The van der Waals surface area contributed by atoms with Gasteiger partial charge in [0.05, 0.1) is 0 Å². The lowest BCUT2D eigenvalue weighted by Gasteiger charge is -2.09. The molecular formula is C21H18F3N3O. The summed E-state index contributed by atoms with van der Waals surface area (Å²) in [6, 6.07) is 18.2. The molecule has 0 bridgehead atoms. The average molecular weight is 385 g/mol. The molecule has 1 aliphatic carbocycles. The first kappa shape index (κ1) is 18.3. The number of hydrogen-bond donors (Lipinski definition) is 1. The van der Waals surface area contributed by atoms with Crippen LogP contribution in [0.4, 0.5) is 18.9 Å². The number of alkyl halides is 3. The molecule has 28 heavy (non-hydrogen) atoms. The van der Waals surface area contributed by atoms with Crippen LogP contribution in [0.25, 0.3) is 11.1 Å². The summed E-state index contributed by atoms with van der Waals surface area (Å²) in [5, 5.41) is 6.33. The van der Waals surface area contributed by atoms with Crippen LogP contribution in [0.1, 0.15) is 30.1 Å². The maximum Gasteiger partial charge on any atom is 0.435 e. The molecular weight excluding hydrogens is 367 g/mol. The predicted octanol–water partition coefficient (Wildman–Crippen LogP) is 5.09. The molecule has 0 unspecified atom stereocenters. The number of rotatable bonds is 5. The maximum atomic E-state index is 13.0. The molecule has 3 aromatic rings. The predicted molar refractivity (Wildman–Crippen MR) is 99.7 cm³/mol. The van der Waals surface area contributed by atoms with E-state index in [1.807, 2.05) is 42.5 Å². The Morgan fingerprint density at radius 3 is 2.29 bits per heavy atom. The van der Waals surface area contributed by atoms with Crippen LogP contribution in [-0.2, 0) is 17.5 Å². The monoisotopic (exact) mass is 385 g/mol. The van der Waals surface area contributed by atoms with E-state index in [0.717, 1.165) is 30.0 Å². The number of nitrogens with one attached hydrogen (secondary N) is 1. The summed E-state index contributed by atoms with van der Waals surface area (Å²) < 4.78 is 40.0.